The van der Waals surface area contributed by atoms with Crippen molar-refractivity contribution < 1.29 is 34.4 Å². The second kappa shape index (κ2) is 10.5. The summed E-state index contributed by atoms with van der Waals surface area (Å²) < 4.78 is 11.3. The second-order valence-electron chi connectivity index (χ2n) is 7.70. The number of unbranched alkanes of at least 4 members (excludes halogenated alkanes) is 1. The van der Waals surface area contributed by atoms with Crippen molar-refractivity contribution in [3.05, 3.63) is 54.1 Å². The highest BCUT2D eigenvalue weighted by molar-refractivity contribution is 5.84. The number of ether oxygens (including phenoxy) is 2. The van der Waals surface area contributed by atoms with Crippen LogP contribution in [-0.4, -0.2) is 45.6 Å². The molecule has 0 amide bonds. The molecular weight excluding hydrogens is 388 g/mol. The first-order valence-electron chi connectivity index (χ1n) is 10.3. The van der Waals surface area contributed by atoms with E-state index in [1.165, 1.54) is 6.08 Å². The molecule has 3 N–H and O–H groups in total. The number of aliphatic carboxylic acids is 1. The van der Waals surface area contributed by atoms with Crippen LogP contribution >= 0.6 is 0 Å². The summed E-state index contributed by atoms with van der Waals surface area (Å²) >= 11 is 0. The van der Waals surface area contributed by atoms with E-state index in [0.29, 0.717) is 31.6 Å². The zero-order valence-corrected chi connectivity index (χ0v) is 16.7. The van der Waals surface area contributed by atoms with Crippen molar-refractivity contribution in [1.29, 1.82) is 0 Å². The van der Waals surface area contributed by atoms with E-state index in [2.05, 4.69) is 0 Å². The quantitative estimate of drug-likeness (QED) is 0.419. The van der Waals surface area contributed by atoms with Gasteiger partial charge in [0.2, 0.25) is 6.29 Å². The highest BCUT2D eigenvalue weighted by Gasteiger charge is 2.39. The zero-order chi connectivity index (χ0) is 21.5. The molecule has 0 bridgehead atoms. The predicted octanol–water partition coefficient (Wildman–Crippen LogP) is 2.61. The van der Waals surface area contributed by atoms with Gasteiger partial charge in [0.15, 0.2) is 0 Å². The lowest BCUT2D eigenvalue weighted by atomic mass is 9.90. The van der Waals surface area contributed by atoms with Crippen LogP contribution in [-0.2, 0) is 20.9 Å². The summed E-state index contributed by atoms with van der Waals surface area (Å²) in [5.41, 5.74) is 0.914. The molecule has 1 aromatic carbocycles. The maximum Gasteiger partial charge on any atom is 0.303 e. The van der Waals surface area contributed by atoms with Gasteiger partial charge in [0.05, 0.1) is 12.7 Å². The molecule has 5 atom stereocenters. The van der Waals surface area contributed by atoms with Crippen molar-refractivity contribution in [3.8, 4) is 5.75 Å². The number of para-hydroxylation sites is 1. The Kier molecular flexibility index (Phi) is 7.79. The summed E-state index contributed by atoms with van der Waals surface area (Å²) in [7, 11) is 0. The van der Waals surface area contributed by atoms with Crippen LogP contribution in [0.15, 0.2) is 48.6 Å². The number of fused-ring (bicyclic) bond motifs is 1. The summed E-state index contributed by atoms with van der Waals surface area (Å²) in [5.74, 6) is -0.931. The number of allylic oxidation sites excluding steroid dienone is 2. The third-order valence-corrected chi connectivity index (χ3v) is 5.48. The highest BCUT2D eigenvalue weighted by atomic mass is 16.7. The van der Waals surface area contributed by atoms with E-state index in [1.54, 1.807) is 6.08 Å². The number of carbonyl (C=O) groups is 2. The average Bonchev–Trinajstić information content (AvgIpc) is 3.00. The largest absolute Gasteiger partial charge is 0.481 e. The Bertz CT molecular complexity index is 800. The molecule has 0 saturated heterocycles. The maximum absolute atomic E-state index is 12.3. The van der Waals surface area contributed by atoms with Crippen LogP contribution < -0.4 is 4.74 Å². The second-order valence-corrected chi connectivity index (χ2v) is 7.70. The monoisotopic (exact) mass is 416 g/mol. The van der Waals surface area contributed by atoms with Gasteiger partial charge in [0.25, 0.3) is 0 Å². The summed E-state index contributed by atoms with van der Waals surface area (Å²) in [4.78, 5) is 22.8. The zero-order valence-electron chi connectivity index (χ0n) is 16.7. The molecule has 162 valence electrons. The smallest absolute Gasteiger partial charge is 0.303 e. The summed E-state index contributed by atoms with van der Waals surface area (Å²) in [6.07, 6.45) is 6.12. The molecule has 0 radical (unpaired) electrons. The van der Waals surface area contributed by atoms with Gasteiger partial charge in [0, 0.05) is 30.2 Å². The Morgan fingerprint density at radius 1 is 1.27 bits per heavy atom. The van der Waals surface area contributed by atoms with Crippen LogP contribution in [0.3, 0.4) is 0 Å². The Morgan fingerprint density at radius 2 is 2.07 bits per heavy atom. The summed E-state index contributed by atoms with van der Waals surface area (Å²) in [5, 5.41) is 29.4. The van der Waals surface area contributed by atoms with E-state index in [-0.39, 0.29) is 24.5 Å². The van der Waals surface area contributed by atoms with Gasteiger partial charge in [-0.05, 0) is 25.3 Å². The standard InChI is InChI=1S/C23H28O7/c24-18(23-29-14-15-7-5-6-9-21(15)30-23)12-11-17-16(19(25)13-20(17)26)8-3-1-2-4-10-22(27)28/h1,3,5-7,9,11-12,16-18,20,23-24,26H,2,4,8,10,13-14H2,(H,27,28)/t16-,17-,18-,20-,23-/m1/s1. The normalized spacial score (nSPS) is 27.3. The molecule has 1 aromatic rings. The van der Waals surface area contributed by atoms with Crippen LogP contribution in [0, 0.1) is 11.8 Å². The van der Waals surface area contributed by atoms with Gasteiger partial charge in [-0.3, -0.25) is 9.59 Å². The lowest BCUT2D eigenvalue weighted by Gasteiger charge is -2.28. The fourth-order valence-electron chi connectivity index (χ4n) is 3.83. The van der Waals surface area contributed by atoms with Gasteiger partial charge in [-0.2, -0.15) is 0 Å². The molecule has 0 unspecified atom stereocenters. The van der Waals surface area contributed by atoms with E-state index in [4.69, 9.17) is 14.6 Å². The summed E-state index contributed by atoms with van der Waals surface area (Å²) in [6, 6.07) is 7.46. The predicted molar refractivity (Wildman–Crippen MR) is 109 cm³/mol. The lowest BCUT2D eigenvalue weighted by molar-refractivity contribution is -0.152. The molecule has 1 heterocycles. The van der Waals surface area contributed by atoms with Crippen LogP contribution in [0.4, 0.5) is 0 Å². The molecule has 7 nitrogen and oxygen atoms in total. The van der Waals surface area contributed by atoms with Gasteiger partial charge in [-0.15, -0.1) is 0 Å². The van der Waals surface area contributed by atoms with E-state index in [9.17, 15) is 19.8 Å². The number of aliphatic hydroxyl groups is 2. The number of carboxylic acid groups (broad SMARTS) is 1. The van der Waals surface area contributed by atoms with Crippen molar-refractivity contribution in [2.75, 3.05) is 0 Å². The number of ketones is 1. The Labute approximate surface area is 175 Å². The first-order valence-corrected chi connectivity index (χ1v) is 10.3. The molecule has 0 aromatic heterocycles. The number of Topliss-reactive ketones (excluding diaryl/α,β-unsaturated/α-hetero) is 1. The molecule has 30 heavy (non-hydrogen) atoms. The fourth-order valence-corrected chi connectivity index (χ4v) is 3.83. The highest BCUT2D eigenvalue weighted by Crippen LogP contribution is 2.34. The molecule has 3 rings (SSSR count). The first kappa shape index (κ1) is 22.2. The number of carbonyl (C=O) groups excluding carboxylic acids is 1. The molecule has 1 saturated carbocycles. The number of rotatable bonds is 9. The molecule has 1 fully saturated rings. The van der Waals surface area contributed by atoms with Gasteiger partial charge >= 0.3 is 5.97 Å². The summed E-state index contributed by atoms with van der Waals surface area (Å²) in [6.45, 7) is 0.339. The van der Waals surface area contributed by atoms with Gasteiger partial charge in [-0.1, -0.05) is 42.5 Å². The van der Waals surface area contributed by atoms with E-state index in [0.717, 1.165) is 5.56 Å². The van der Waals surface area contributed by atoms with Gasteiger partial charge < -0.3 is 24.8 Å². The van der Waals surface area contributed by atoms with Crippen LogP contribution in [0.2, 0.25) is 0 Å². The molecule has 7 heteroatoms. The van der Waals surface area contributed by atoms with Gasteiger partial charge in [-0.25, -0.2) is 0 Å². The minimum absolute atomic E-state index is 0.0130. The third kappa shape index (κ3) is 5.78. The third-order valence-electron chi connectivity index (χ3n) is 5.48. The molecule has 0 spiro atoms. The molecule has 1 aliphatic heterocycles. The number of carboxylic acids is 1. The van der Waals surface area contributed by atoms with E-state index in [1.807, 2.05) is 36.4 Å². The Hall–Kier alpha value is -2.48. The van der Waals surface area contributed by atoms with Gasteiger partial charge in [0.1, 0.15) is 17.6 Å². The van der Waals surface area contributed by atoms with Crippen molar-refractivity contribution in [2.45, 2.75) is 57.2 Å². The van der Waals surface area contributed by atoms with Crippen molar-refractivity contribution in [2.24, 2.45) is 11.8 Å². The fraction of sp³-hybridized carbons (Fsp3) is 0.478. The van der Waals surface area contributed by atoms with Crippen LogP contribution in [0.25, 0.3) is 0 Å². The lowest BCUT2D eigenvalue weighted by Crippen LogP contribution is -2.36. The number of hydrogen-bond donors (Lipinski definition) is 3. The van der Waals surface area contributed by atoms with Crippen LogP contribution in [0.5, 0.6) is 5.75 Å². The van der Waals surface area contributed by atoms with Crippen molar-refractivity contribution in [3.63, 3.8) is 0 Å². The number of aliphatic hydroxyl groups excluding tert-OH is 2. The topological polar surface area (TPSA) is 113 Å². The Balaban J connectivity index is 1.55. The number of benzene rings is 1. The SMILES string of the molecule is O=C(O)CCCC=CC[C@H]1C(=O)C[C@@H](O)[C@@H]1C=C[C@@H](O)[C@@H]1OCc2ccccc2O1. The number of hydrogen-bond acceptors (Lipinski definition) is 6. The molecular formula is C23H28O7. The minimum atomic E-state index is -1.03. The Morgan fingerprint density at radius 3 is 2.87 bits per heavy atom. The molecule has 2 aliphatic rings. The first-order chi connectivity index (χ1) is 14.5. The van der Waals surface area contributed by atoms with Crippen LogP contribution in [0.1, 0.15) is 37.7 Å². The van der Waals surface area contributed by atoms with E-state index >= 15 is 0 Å². The van der Waals surface area contributed by atoms with Crippen molar-refractivity contribution >= 4 is 11.8 Å². The molecule has 1 aliphatic carbocycles. The minimum Gasteiger partial charge on any atom is -0.481 e. The van der Waals surface area contributed by atoms with Crippen molar-refractivity contribution in [1.82, 2.24) is 0 Å². The van der Waals surface area contributed by atoms with E-state index < -0.39 is 30.4 Å². The maximum atomic E-state index is 12.3. The average molecular weight is 416 g/mol.